The van der Waals surface area contributed by atoms with Crippen LogP contribution in [-0.2, 0) is 9.68 Å². The zero-order chi connectivity index (χ0) is 14.7. The zero-order valence-electron chi connectivity index (χ0n) is 11.0. The van der Waals surface area contributed by atoms with Crippen molar-refractivity contribution in [3.8, 4) is 0 Å². The Bertz CT molecular complexity index is 519. The van der Waals surface area contributed by atoms with Gasteiger partial charge in [0.1, 0.15) is 0 Å². The Kier molecular flexibility index (Phi) is 4.14. The molecule has 1 N–H and O–H groups in total. The van der Waals surface area contributed by atoms with E-state index in [1.54, 1.807) is 31.2 Å². The quantitative estimate of drug-likeness (QED) is 0.504. The first-order chi connectivity index (χ1) is 9.56. The van der Waals surface area contributed by atoms with Crippen molar-refractivity contribution in [1.29, 1.82) is 0 Å². The van der Waals surface area contributed by atoms with Gasteiger partial charge < -0.3 is 4.89 Å². The number of imide groups is 1. The van der Waals surface area contributed by atoms with E-state index in [9.17, 15) is 14.4 Å². The number of benzene rings is 1. The Morgan fingerprint density at radius 3 is 2.30 bits per heavy atom. The van der Waals surface area contributed by atoms with Crippen LogP contribution in [0.2, 0.25) is 0 Å². The number of hydrogen-bond donors (Lipinski definition) is 1. The molecular weight excluding hydrogens is 262 g/mol. The van der Waals surface area contributed by atoms with Crippen LogP contribution in [-0.4, -0.2) is 34.0 Å². The van der Waals surface area contributed by atoms with Gasteiger partial charge >= 0.3 is 5.97 Å². The monoisotopic (exact) mass is 277 g/mol. The second-order valence-corrected chi connectivity index (χ2v) is 4.73. The largest absolute Gasteiger partial charge is 0.342 e. The fraction of sp³-hybridized carbons (Fsp3) is 0.357. The minimum absolute atomic E-state index is 0.0456. The Morgan fingerprint density at radius 2 is 1.80 bits per heavy atom. The van der Waals surface area contributed by atoms with Gasteiger partial charge in [0.25, 0.3) is 11.8 Å². The average Bonchev–Trinajstić information content (AvgIpc) is 2.71. The average molecular weight is 277 g/mol. The van der Waals surface area contributed by atoms with Gasteiger partial charge in [-0.15, -0.1) is 0 Å². The van der Waals surface area contributed by atoms with E-state index < -0.39 is 5.97 Å². The Hall–Kier alpha value is -2.21. The smallest absolute Gasteiger partial charge is 0.301 e. The van der Waals surface area contributed by atoms with E-state index >= 15 is 0 Å². The van der Waals surface area contributed by atoms with Crippen molar-refractivity contribution in [3.63, 3.8) is 0 Å². The van der Waals surface area contributed by atoms with E-state index in [1.165, 1.54) is 4.90 Å². The first-order valence-corrected chi connectivity index (χ1v) is 6.37. The lowest BCUT2D eigenvalue weighted by molar-refractivity contribution is -0.234. The van der Waals surface area contributed by atoms with Gasteiger partial charge in [0, 0.05) is 12.5 Å². The molecule has 1 aromatic carbocycles. The maximum absolute atomic E-state index is 12.2. The van der Waals surface area contributed by atoms with E-state index in [0.717, 1.165) is 0 Å². The minimum Gasteiger partial charge on any atom is -0.301 e. The van der Waals surface area contributed by atoms with E-state index in [4.69, 9.17) is 5.26 Å². The molecule has 6 nitrogen and oxygen atoms in total. The van der Waals surface area contributed by atoms with Crippen LogP contribution in [0.25, 0.3) is 0 Å². The molecular formula is C14H15NO5. The fourth-order valence-electron chi connectivity index (χ4n) is 2.32. The molecule has 6 heteroatoms. The van der Waals surface area contributed by atoms with Crippen molar-refractivity contribution in [2.75, 3.05) is 0 Å². The van der Waals surface area contributed by atoms with Gasteiger partial charge in [0.05, 0.1) is 11.1 Å². The first kappa shape index (κ1) is 14.2. The predicted octanol–water partition coefficient (Wildman–Crippen LogP) is 1.86. The number of rotatable bonds is 5. The summed E-state index contributed by atoms with van der Waals surface area (Å²) < 4.78 is 0. The number of fused-ring (bicyclic) bond motifs is 1. The summed E-state index contributed by atoms with van der Waals surface area (Å²) in [6, 6.07) is 6.38. The third-order valence-corrected chi connectivity index (χ3v) is 3.37. The van der Waals surface area contributed by atoms with Gasteiger partial charge in [-0.1, -0.05) is 12.1 Å². The summed E-state index contributed by atoms with van der Waals surface area (Å²) in [5.74, 6) is -1.33. The molecule has 1 aliphatic rings. The summed E-state index contributed by atoms with van der Waals surface area (Å²) in [5.41, 5.74) is 0.832. The maximum Gasteiger partial charge on any atom is 0.342 e. The molecule has 0 radical (unpaired) electrons. The maximum atomic E-state index is 12.2. The summed E-state index contributed by atoms with van der Waals surface area (Å²) in [6.45, 7) is 1.76. The molecule has 0 saturated carbocycles. The summed E-state index contributed by atoms with van der Waals surface area (Å²) in [7, 11) is 0. The molecule has 0 bridgehead atoms. The topological polar surface area (TPSA) is 83.9 Å². The van der Waals surface area contributed by atoms with Crippen molar-refractivity contribution in [3.05, 3.63) is 35.4 Å². The lowest BCUT2D eigenvalue weighted by Crippen LogP contribution is -2.38. The third kappa shape index (κ3) is 2.55. The standard InChI is InChI=1S/C14H15NO5/c1-9(5-4-8-12(16)20-19)15-13(17)10-6-2-3-7-11(10)14(15)18/h2-3,6-7,9,19H,4-5,8H2,1H3. The number of amides is 2. The van der Waals surface area contributed by atoms with Crippen LogP contribution in [0.4, 0.5) is 0 Å². The lowest BCUT2D eigenvalue weighted by atomic mass is 10.1. The molecule has 2 rings (SSSR count). The van der Waals surface area contributed by atoms with Gasteiger partial charge in [-0.25, -0.2) is 4.79 Å². The number of carbonyl (C=O) groups excluding carboxylic acids is 3. The zero-order valence-corrected chi connectivity index (χ0v) is 11.0. The molecule has 0 saturated heterocycles. The Morgan fingerprint density at radius 1 is 1.25 bits per heavy atom. The number of carbonyl (C=O) groups is 3. The van der Waals surface area contributed by atoms with Gasteiger partial charge in [0.2, 0.25) is 0 Å². The van der Waals surface area contributed by atoms with E-state index in [1.807, 2.05) is 0 Å². The first-order valence-electron chi connectivity index (χ1n) is 6.37. The molecule has 1 atom stereocenters. The van der Waals surface area contributed by atoms with Crippen molar-refractivity contribution in [2.24, 2.45) is 0 Å². The summed E-state index contributed by atoms with van der Waals surface area (Å²) in [5, 5.41) is 8.15. The van der Waals surface area contributed by atoms with Crippen LogP contribution < -0.4 is 0 Å². The summed E-state index contributed by atoms with van der Waals surface area (Å²) in [4.78, 5) is 39.9. The van der Waals surface area contributed by atoms with E-state index in [2.05, 4.69) is 4.89 Å². The van der Waals surface area contributed by atoms with Crippen LogP contribution in [0, 0.1) is 0 Å². The summed E-state index contributed by atoms with van der Waals surface area (Å²) in [6.07, 6.45) is 0.943. The van der Waals surface area contributed by atoms with Crippen LogP contribution in [0.15, 0.2) is 24.3 Å². The molecule has 1 unspecified atom stereocenters. The molecule has 2 amide bonds. The molecule has 106 valence electrons. The Balaban J connectivity index is 2.02. The molecule has 0 aromatic heterocycles. The fourth-order valence-corrected chi connectivity index (χ4v) is 2.32. The van der Waals surface area contributed by atoms with Crippen molar-refractivity contribution < 1.29 is 24.5 Å². The Labute approximate surface area is 115 Å². The molecule has 20 heavy (non-hydrogen) atoms. The second kappa shape index (κ2) is 5.83. The van der Waals surface area contributed by atoms with Gasteiger partial charge in [-0.2, -0.15) is 5.26 Å². The highest BCUT2D eigenvalue weighted by atomic mass is 17.1. The molecule has 1 aliphatic heterocycles. The molecule has 1 heterocycles. The highest BCUT2D eigenvalue weighted by Crippen LogP contribution is 2.25. The number of nitrogens with zero attached hydrogens (tertiary/aromatic N) is 1. The van der Waals surface area contributed by atoms with E-state index in [0.29, 0.717) is 24.0 Å². The van der Waals surface area contributed by atoms with E-state index in [-0.39, 0.29) is 24.3 Å². The van der Waals surface area contributed by atoms with Crippen LogP contribution in [0.3, 0.4) is 0 Å². The van der Waals surface area contributed by atoms with Gasteiger partial charge in [-0.3, -0.25) is 14.5 Å². The van der Waals surface area contributed by atoms with Gasteiger partial charge in [-0.05, 0) is 31.9 Å². The molecule has 0 aliphatic carbocycles. The molecule has 1 aromatic rings. The summed E-state index contributed by atoms with van der Waals surface area (Å²) >= 11 is 0. The minimum atomic E-state index is -0.723. The predicted molar refractivity (Wildman–Crippen MR) is 69.0 cm³/mol. The van der Waals surface area contributed by atoms with Crippen molar-refractivity contribution in [2.45, 2.75) is 32.2 Å². The SMILES string of the molecule is CC(CCCC(=O)OO)N1C(=O)c2ccccc2C1=O. The van der Waals surface area contributed by atoms with Crippen LogP contribution in [0.5, 0.6) is 0 Å². The van der Waals surface area contributed by atoms with Crippen LogP contribution in [0.1, 0.15) is 46.9 Å². The van der Waals surface area contributed by atoms with Gasteiger partial charge in [0.15, 0.2) is 0 Å². The number of hydrogen-bond acceptors (Lipinski definition) is 5. The van der Waals surface area contributed by atoms with Crippen molar-refractivity contribution >= 4 is 17.8 Å². The highest BCUT2D eigenvalue weighted by Gasteiger charge is 2.37. The second-order valence-electron chi connectivity index (χ2n) is 4.73. The molecule has 0 spiro atoms. The normalized spacial score (nSPS) is 15.2. The highest BCUT2D eigenvalue weighted by molar-refractivity contribution is 6.21. The van der Waals surface area contributed by atoms with Crippen LogP contribution >= 0.6 is 0 Å². The molecule has 0 fully saturated rings. The lowest BCUT2D eigenvalue weighted by Gasteiger charge is -2.22. The third-order valence-electron chi connectivity index (χ3n) is 3.37. The van der Waals surface area contributed by atoms with Crippen molar-refractivity contribution in [1.82, 2.24) is 4.90 Å².